The maximum absolute atomic E-state index is 9.18. The van der Waals surface area contributed by atoms with Gasteiger partial charge in [0.05, 0.1) is 11.3 Å². The molecule has 0 bridgehead atoms. The molecule has 1 aliphatic carbocycles. The van der Waals surface area contributed by atoms with Crippen molar-refractivity contribution in [1.29, 1.82) is 5.26 Å². The van der Waals surface area contributed by atoms with E-state index in [9.17, 15) is 5.26 Å². The average molecular weight is 241 g/mol. The lowest BCUT2D eigenvalue weighted by atomic mass is 9.79. The monoisotopic (exact) mass is 241 g/mol. The molecule has 2 fully saturated rings. The summed E-state index contributed by atoms with van der Waals surface area (Å²) < 4.78 is 0. The van der Waals surface area contributed by atoms with E-state index in [4.69, 9.17) is 5.73 Å². The Morgan fingerprint density at radius 2 is 1.94 bits per heavy atom. The number of nitriles is 1. The van der Waals surface area contributed by atoms with Crippen LogP contribution in [0.3, 0.4) is 0 Å². The lowest BCUT2D eigenvalue weighted by molar-refractivity contribution is 0.271. The average Bonchev–Trinajstić information content (AvgIpc) is 2.81. The van der Waals surface area contributed by atoms with Crippen molar-refractivity contribution in [3.05, 3.63) is 29.8 Å². The first-order chi connectivity index (χ1) is 8.78. The molecule has 1 unspecified atom stereocenters. The first kappa shape index (κ1) is 11.6. The van der Waals surface area contributed by atoms with Crippen molar-refractivity contribution < 1.29 is 0 Å². The molecule has 1 aromatic carbocycles. The van der Waals surface area contributed by atoms with Gasteiger partial charge in [0.15, 0.2) is 0 Å². The minimum absolute atomic E-state index is 0.386. The fourth-order valence-corrected chi connectivity index (χ4v) is 3.51. The number of nitrogens with two attached hydrogens (primary N) is 1. The molecule has 1 aliphatic heterocycles. The van der Waals surface area contributed by atoms with Gasteiger partial charge in [0, 0.05) is 19.1 Å². The molecule has 94 valence electrons. The zero-order valence-corrected chi connectivity index (χ0v) is 10.5. The molecule has 3 atom stereocenters. The maximum atomic E-state index is 9.18. The summed E-state index contributed by atoms with van der Waals surface area (Å²) in [5.74, 6) is 1.50. The number of fused-ring (bicyclic) bond motifs is 1. The number of para-hydroxylation sites is 1. The van der Waals surface area contributed by atoms with Crippen molar-refractivity contribution in [1.82, 2.24) is 0 Å². The largest absolute Gasteiger partial charge is 0.370 e. The van der Waals surface area contributed by atoms with E-state index in [1.165, 1.54) is 6.42 Å². The second-order valence-electron chi connectivity index (χ2n) is 5.63. The molecule has 0 spiro atoms. The molecule has 1 saturated heterocycles. The van der Waals surface area contributed by atoms with Gasteiger partial charge >= 0.3 is 0 Å². The van der Waals surface area contributed by atoms with Crippen molar-refractivity contribution in [3.8, 4) is 6.07 Å². The van der Waals surface area contributed by atoms with Crippen LogP contribution < -0.4 is 10.6 Å². The Labute approximate surface area is 108 Å². The van der Waals surface area contributed by atoms with Crippen LogP contribution in [0.4, 0.5) is 5.69 Å². The summed E-state index contributed by atoms with van der Waals surface area (Å²) in [5.41, 5.74) is 7.95. The number of rotatable bonds is 1. The van der Waals surface area contributed by atoms with Crippen molar-refractivity contribution >= 4 is 5.69 Å². The van der Waals surface area contributed by atoms with Gasteiger partial charge in [-0.3, -0.25) is 0 Å². The Balaban J connectivity index is 1.81. The fraction of sp³-hybridized carbons (Fsp3) is 0.533. The van der Waals surface area contributed by atoms with Crippen molar-refractivity contribution in [2.45, 2.75) is 25.3 Å². The highest BCUT2D eigenvalue weighted by Crippen LogP contribution is 2.38. The van der Waals surface area contributed by atoms with Gasteiger partial charge < -0.3 is 10.6 Å². The highest BCUT2D eigenvalue weighted by atomic mass is 15.2. The van der Waals surface area contributed by atoms with Crippen LogP contribution in [0.5, 0.6) is 0 Å². The van der Waals surface area contributed by atoms with Gasteiger partial charge in [-0.25, -0.2) is 0 Å². The number of hydrogen-bond donors (Lipinski definition) is 1. The lowest BCUT2D eigenvalue weighted by Crippen LogP contribution is -2.32. The molecule has 3 rings (SSSR count). The molecule has 1 saturated carbocycles. The van der Waals surface area contributed by atoms with E-state index in [2.05, 4.69) is 17.0 Å². The highest BCUT2D eigenvalue weighted by Gasteiger charge is 2.37. The Morgan fingerprint density at radius 3 is 2.78 bits per heavy atom. The van der Waals surface area contributed by atoms with Gasteiger partial charge in [0.1, 0.15) is 6.07 Å². The Morgan fingerprint density at radius 1 is 1.17 bits per heavy atom. The molecule has 18 heavy (non-hydrogen) atoms. The van der Waals surface area contributed by atoms with Gasteiger partial charge in [-0.1, -0.05) is 12.1 Å². The van der Waals surface area contributed by atoms with Gasteiger partial charge in [-0.15, -0.1) is 0 Å². The van der Waals surface area contributed by atoms with Gasteiger partial charge in [0.2, 0.25) is 0 Å². The van der Waals surface area contributed by atoms with E-state index in [0.717, 1.165) is 49.0 Å². The molecular weight excluding hydrogens is 222 g/mol. The second-order valence-corrected chi connectivity index (χ2v) is 5.63. The third kappa shape index (κ3) is 1.97. The van der Waals surface area contributed by atoms with Crippen LogP contribution in [-0.2, 0) is 0 Å². The Bertz CT molecular complexity index is 477. The Hall–Kier alpha value is -1.53. The number of anilines is 1. The van der Waals surface area contributed by atoms with E-state index in [1.54, 1.807) is 0 Å². The summed E-state index contributed by atoms with van der Waals surface area (Å²) in [6, 6.07) is 10.6. The molecule has 3 nitrogen and oxygen atoms in total. The van der Waals surface area contributed by atoms with Crippen LogP contribution in [0.15, 0.2) is 24.3 Å². The SMILES string of the molecule is N#Cc1ccccc1N1C[C@H]2CCC(N)C[C@H]2C1. The summed E-state index contributed by atoms with van der Waals surface area (Å²) in [6.07, 6.45) is 3.56. The Kier molecular flexibility index (Phi) is 2.97. The van der Waals surface area contributed by atoms with Crippen LogP contribution in [0, 0.1) is 23.2 Å². The van der Waals surface area contributed by atoms with Gasteiger partial charge in [-0.2, -0.15) is 5.26 Å². The molecule has 2 N–H and O–H groups in total. The van der Waals surface area contributed by atoms with Crippen LogP contribution in [-0.4, -0.2) is 19.1 Å². The minimum Gasteiger partial charge on any atom is -0.370 e. The molecule has 0 radical (unpaired) electrons. The molecule has 0 aromatic heterocycles. The summed E-state index contributed by atoms with van der Waals surface area (Å²) in [7, 11) is 0. The van der Waals surface area contributed by atoms with E-state index in [1.807, 2.05) is 18.2 Å². The highest BCUT2D eigenvalue weighted by molar-refractivity contribution is 5.59. The quantitative estimate of drug-likeness (QED) is 0.819. The third-order valence-electron chi connectivity index (χ3n) is 4.46. The summed E-state index contributed by atoms with van der Waals surface area (Å²) in [4.78, 5) is 2.38. The van der Waals surface area contributed by atoms with E-state index >= 15 is 0 Å². The molecular formula is C15H19N3. The maximum Gasteiger partial charge on any atom is 0.101 e. The number of hydrogen-bond acceptors (Lipinski definition) is 3. The molecule has 2 aliphatic rings. The first-order valence-corrected chi connectivity index (χ1v) is 6.77. The van der Waals surface area contributed by atoms with E-state index in [-0.39, 0.29) is 0 Å². The molecule has 1 heterocycles. The van der Waals surface area contributed by atoms with Crippen LogP contribution in [0.25, 0.3) is 0 Å². The van der Waals surface area contributed by atoms with Crippen molar-refractivity contribution in [2.75, 3.05) is 18.0 Å². The summed E-state index contributed by atoms with van der Waals surface area (Å²) in [5, 5.41) is 9.18. The first-order valence-electron chi connectivity index (χ1n) is 6.77. The normalized spacial score (nSPS) is 30.9. The zero-order valence-electron chi connectivity index (χ0n) is 10.5. The topological polar surface area (TPSA) is 53.0 Å². The molecule has 3 heteroatoms. The lowest BCUT2D eigenvalue weighted by Gasteiger charge is -2.27. The molecule has 1 aromatic rings. The van der Waals surface area contributed by atoms with Crippen molar-refractivity contribution in [2.24, 2.45) is 17.6 Å². The zero-order chi connectivity index (χ0) is 12.5. The van der Waals surface area contributed by atoms with Gasteiger partial charge in [0.25, 0.3) is 0 Å². The number of nitrogens with zero attached hydrogens (tertiary/aromatic N) is 2. The van der Waals surface area contributed by atoms with Crippen LogP contribution in [0.1, 0.15) is 24.8 Å². The number of benzene rings is 1. The van der Waals surface area contributed by atoms with Crippen LogP contribution >= 0.6 is 0 Å². The molecule has 0 amide bonds. The third-order valence-corrected chi connectivity index (χ3v) is 4.46. The summed E-state index contributed by atoms with van der Waals surface area (Å²) in [6.45, 7) is 2.16. The van der Waals surface area contributed by atoms with Crippen molar-refractivity contribution in [3.63, 3.8) is 0 Å². The predicted octanol–water partition coefficient (Wildman–Crippen LogP) is 2.12. The summed E-state index contributed by atoms with van der Waals surface area (Å²) >= 11 is 0. The van der Waals surface area contributed by atoms with Gasteiger partial charge in [-0.05, 0) is 43.2 Å². The second kappa shape index (κ2) is 4.62. The van der Waals surface area contributed by atoms with E-state index in [0.29, 0.717) is 6.04 Å². The standard InChI is InChI=1S/C15H19N3/c16-8-11-3-1-2-4-15(11)18-9-12-5-6-14(17)7-13(12)10-18/h1-4,12-14H,5-7,9-10,17H2/t12-,13+,14?/m1/s1. The smallest absolute Gasteiger partial charge is 0.101 e. The van der Waals surface area contributed by atoms with Crippen LogP contribution in [0.2, 0.25) is 0 Å². The predicted molar refractivity (Wildman–Crippen MR) is 72.2 cm³/mol. The van der Waals surface area contributed by atoms with E-state index < -0.39 is 0 Å². The minimum atomic E-state index is 0.386. The fourth-order valence-electron chi connectivity index (χ4n) is 3.51.